The Morgan fingerprint density at radius 2 is 1.78 bits per heavy atom. The van der Waals surface area contributed by atoms with Crippen molar-refractivity contribution < 1.29 is 13.9 Å². The zero-order valence-electron chi connectivity index (χ0n) is 13.1. The highest BCUT2D eigenvalue weighted by atomic mass is 19.1. The van der Waals surface area contributed by atoms with Crippen molar-refractivity contribution in [2.45, 2.75) is 13.8 Å². The van der Waals surface area contributed by atoms with Gasteiger partial charge >= 0.3 is 6.03 Å². The van der Waals surface area contributed by atoms with Crippen LogP contribution in [0.3, 0.4) is 0 Å². The summed E-state index contributed by atoms with van der Waals surface area (Å²) in [6.45, 7) is 4.48. The molecular weight excluding hydrogens is 295 g/mol. The minimum atomic E-state index is -0.405. The van der Waals surface area contributed by atoms with Gasteiger partial charge in [0.25, 0.3) is 0 Å². The fourth-order valence-corrected chi connectivity index (χ4v) is 1.79. The molecule has 0 fully saturated rings. The summed E-state index contributed by atoms with van der Waals surface area (Å²) in [7, 11) is 0. The summed E-state index contributed by atoms with van der Waals surface area (Å²) in [5.41, 5.74) is 2.30. The van der Waals surface area contributed by atoms with E-state index >= 15 is 0 Å². The lowest BCUT2D eigenvalue weighted by Crippen LogP contribution is -2.19. The van der Waals surface area contributed by atoms with Crippen LogP contribution in [-0.2, 0) is 0 Å². The van der Waals surface area contributed by atoms with Crippen LogP contribution in [0.4, 0.5) is 20.6 Å². The van der Waals surface area contributed by atoms with E-state index in [2.05, 4.69) is 10.6 Å². The number of rotatable bonds is 5. The van der Waals surface area contributed by atoms with Gasteiger partial charge in [-0.3, -0.25) is 0 Å². The zero-order valence-corrected chi connectivity index (χ0v) is 13.1. The molecule has 0 radical (unpaired) electrons. The molecule has 2 aromatic rings. The Balaban J connectivity index is 1.92. The average molecular weight is 314 g/mol. The Bertz CT molecular complexity index is 692. The van der Waals surface area contributed by atoms with E-state index in [0.29, 0.717) is 23.7 Å². The van der Waals surface area contributed by atoms with Gasteiger partial charge in [0.15, 0.2) is 0 Å². The molecule has 0 spiro atoms. The molecule has 0 aliphatic rings. The first kappa shape index (κ1) is 16.5. The molecule has 2 rings (SSSR count). The number of anilines is 2. The van der Waals surface area contributed by atoms with Crippen molar-refractivity contribution >= 4 is 17.4 Å². The summed E-state index contributed by atoms with van der Waals surface area (Å²) in [5.74, 6) is 0.319. The first-order valence-electron chi connectivity index (χ1n) is 7.23. The molecule has 0 saturated carbocycles. The summed E-state index contributed by atoms with van der Waals surface area (Å²) in [5, 5.41) is 5.33. The number of halogens is 1. The fourth-order valence-electron chi connectivity index (χ4n) is 1.79. The Morgan fingerprint density at radius 1 is 1.09 bits per heavy atom. The van der Waals surface area contributed by atoms with E-state index in [4.69, 9.17) is 4.74 Å². The predicted molar refractivity (Wildman–Crippen MR) is 90.4 cm³/mol. The van der Waals surface area contributed by atoms with Crippen LogP contribution < -0.4 is 15.4 Å². The van der Waals surface area contributed by atoms with Gasteiger partial charge < -0.3 is 15.4 Å². The molecule has 0 atom stereocenters. The number of hydrogen-bond acceptors (Lipinski definition) is 2. The topological polar surface area (TPSA) is 50.4 Å². The normalized spacial score (nSPS) is 9.87. The molecule has 2 aromatic carbocycles. The minimum Gasteiger partial charge on any atom is -0.489 e. The van der Waals surface area contributed by atoms with Gasteiger partial charge in [-0.05, 0) is 56.3 Å². The highest BCUT2D eigenvalue weighted by Crippen LogP contribution is 2.18. The Labute approximate surface area is 135 Å². The van der Waals surface area contributed by atoms with Crippen molar-refractivity contribution in [1.29, 1.82) is 0 Å². The van der Waals surface area contributed by atoms with Crippen LogP contribution in [-0.4, -0.2) is 12.6 Å². The highest BCUT2D eigenvalue weighted by molar-refractivity contribution is 5.99. The van der Waals surface area contributed by atoms with Crippen molar-refractivity contribution in [3.05, 3.63) is 66.0 Å². The zero-order chi connectivity index (χ0) is 16.7. The number of amides is 2. The largest absolute Gasteiger partial charge is 0.489 e. The maximum atomic E-state index is 12.8. The lowest BCUT2D eigenvalue weighted by molar-refractivity contribution is 0.262. The summed E-state index contributed by atoms with van der Waals surface area (Å²) >= 11 is 0. The third-order valence-corrected chi connectivity index (χ3v) is 2.94. The first-order valence-corrected chi connectivity index (χ1v) is 7.23. The molecule has 0 bridgehead atoms. The maximum Gasteiger partial charge on any atom is 0.323 e. The number of carbonyl (C=O) groups is 1. The summed E-state index contributed by atoms with van der Waals surface area (Å²) in [4.78, 5) is 11.9. The van der Waals surface area contributed by atoms with Gasteiger partial charge in [-0.1, -0.05) is 11.6 Å². The standard InChI is InChI=1S/C18H19FN2O2/c1-13(2)10-11-23-17-5-3-4-16(12-17)21-18(22)20-15-8-6-14(19)7-9-15/h3-10,12H,11H2,1-2H3,(H2,20,21,22). The second-order valence-electron chi connectivity index (χ2n) is 5.21. The van der Waals surface area contributed by atoms with Crippen LogP contribution in [0.15, 0.2) is 60.2 Å². The number of carbonyl (C=O) groups excluding carboxylic acids is 1. The second kappa shape index (κ2) is 7.98. The molecule has 2 amide bonds. The number of benzene rings is 2. The lowest BCUT2D eigenvalue weighted by atomic mass is 10.3. The van der Waals surface area contributed by atoms with Crippen LogP contribution in [0.5, 0.6) is 5.75 Å². The van der Waals surface area contributed by atoms with E-state index in [1.807, 2.05) is 26.0 Å². The van der Waals surface area contributed by atoms with Crippen molar-refractivity contribution in [2.75, 3.05) is 17.2 Å². The van der Waals surface area contributed by atoms with Crippen molar-refractivity contribution in [3.8, 4) is 5.75 Å². The van der Waals surface area contributed by atoms with E-state index in [1.165, 1.54) is 29.8 Å². The van der Waals surface area contributed by atoms with Crippen molar-refractivity contribution in [3.63, 3.8) is 0 Å². The molecule has 5 heteroatoms. The van der Waals surface area contributed by atoms with E-state index < -0.39 is 6.03 Å². The first-order chi connectivity index (χ1) is 11.0. The molecular formula is C18H19FN2O2. The van der Waals surface area contributed by atoms with E-state index in [1.54, 1.807) is 18.2 Å². The number of allylic oxidation sites excluding steroid dienone is 1. The van der Waals surface area contributed by atoms with Crippen LogP contribution in [0, 0.1) is 5.82 Å². The summed E-state index contributed by atoms with van der Waals surface area (Å²) in [6, 6.07) is 12.3. The third kappa shape index (κ3) is 5.82. The number of ether oxygens (including phenoxy) is 1. The van der Waals surface area contributed by atoms with Crippen LogP contribution >= 0.6 is 0 Å². The lowest BCUT2D eigenvalue weighted by Gasteiger charge is -2.09. The van der Waals surface area contributed by atoms with Crippen LogP contribution in [0.2, 0.25) is 0 Å². The van der Waals surface area contributed by atoms with Crippen molar-refractivity contribution in [1.82, 2.24) is 0 Å². The molecule has 4 nitrogen and oxygen atoms in total. The molecule has 0 saturated heterocycles. The molecule has 0 aliphatic carbocycles. The molecule has 120 valence electrons. The average Bonchev–Trinajstić information content (AvgIpc) is 2.49. The smallest absolute Gasteiger partial charge is 0.323 e. The van der Waals surface area contributed by atoms with Gasteiger partial charge in [0, 0.05) is 17.4 Å². The molecule has 0 aromatic heterocycles. The quantitative estimate of drug-likeness (QED) is 0.778. The Hall–Kier alpha value is -2.82. The fraction of sp³-hybridized carbons (Fsp3) is 0.167. The third-order valence-electron chi connectivity index (χ3n) is 2.94. The monoisotopic (exact) mass is 314 g/mol. The summed E-state index contributed by atoms with van der Waals surface area (Å²) in [6.07, 6.45) is 1.97. The van der Waals surface area contributed by atoms with Crippen molar-refractivity contribution in [2.24, 2.45) is 0 Å². The molecule has 2 N–H and O–H groups in total. The van der Waals surface area contributed by atoms with Gasteiger partial charge in [0.05, 0.1) is 0 Å². The maximum absolute atomic E-state index is 12.8. The van der Waals surface area contributed by atoms with E-state index in [0.717, 1.165) is 0 Å². The highest BCUT2D eigenvalue weighted by Gasteiger charge is 2.04. The molecule has 0 heterocycles. The molecule has 23 heavy (non-hydrogen) atoms. The summed E-state index contributed by atoms with van der Waals surface area (Å²) < 4.78 is 18.4. The second-order valence-corrected chi connectivity index (χ2v) is 5.21. The van der Waals surface area contributed by atoms with Gasteiger partial charge in [-0.25, -0.2) is 9.18 Å². The van der Waals surface area contributed by atoms with E-state index in [-0.39, 0.29) is 5.82 Å². The molecule has 0 aliphatic heterocycles. The van der Waals surface area contributed by atoms with Crippen LogP contribution in [0.25, 0.3) is 0 Å². The van der Waals surface area contributed by atoms with Gasteiger partial charge in [0.2, 0.25) is 0 Å². The van der Waals surface area contributed by atoms with Gasteiger partial charge in [-0.2, -0.15) is 0 Å². The molecule has 0 unspecified atom stereocenters. The Morgan fingerprint density at radius 3 is 2.48 bits per heavy atom. The number of hydrogen-bond donors (Lipinski definition) is 2. The van der Waals surface area contributed by atoms with Gasteiger partial charge in [0.1, 0.15) is 18.2 Å². The van der Waals surface area contributed by atoms with Crippen LogP contribution in [0.1, 0.15) is 13.8 Å². The number of nitrogens with one attached hydrogen (secondary N) is 2. The Kier molecular flexibility index (Phi) is 5.74. The minimum absolute atomic E-state index is 0.350. The number of urea groups is 1. The van der Waals surface area contributed by atoms with Gasteiger partial charge in [-0.15, -0.1) is 0 Å². The SMILES string of the molecule is CC(C)=CCOc1cccc(NC(=O)Nc2ccc(F)cc2)c1. The predicted octanol–water partition coefficient (Wildman–Crippen LogP) is 4.81. The van der Waals surface area contributed by atoms with E-state index in [9.17, 15) is 9.18 Å².